The summed E-state index contributed by atoms with van der Waals surface area (Å²) < 4.78 is 30.3. The monoisotopic (exact) mass is 248 g/mol. The molecule has 0 radical (unpaired) electrons. The van der Waals surface area contributed by atoms with Crippen LogP contribution < -0.4 is 4.72 Å². The first-order valence-electron chi connectivity index (χ1n) is 5.08. The zero-order chi connectivity index (χ0) is 12.2. The molecule has 1 unspecified atom stereocenters. The maximum Gasteiger partial charge on any atom is 0.227 e. The first-order valence-corrected chi connectivity index (χ1v) is 6.62. The molecule has 6 nitrogen and oxygen atoms in total. The Kier molecular flexibility index (Phi) is 4.27. The Balaban J connectivity index is 2.54. The van der Waals surface area contributed by atoms with E-state index in [4.69, 9.17) is 10.00 Å². The lowest BCUT2D eigenvalue weighted by Gasteiger charge is -2.32. The van der Waals surface area contributed by atoms with Gasteiger partial charge >= 0.3 is 0 Å². The molecule has 0 aliphatic carbocycles. The van der Waals surface area contributed by atoms with Gasteiger partial charge in [-0.1, -0.05) is 0 Å². The summed E-state index contributed by atoms with van der Waals surface area (Å²) in [6.45, 7) is 2.08. The summed E-state index contributed by atoms with van der Waals surface area (Å²) in [5, 5.41) is 17.4. The molecular formula is C9H16N2O4S. The number of aliphatic hydroxyl groups is 1. The topological polar surface area (TPSA) is 99.4 Å². The normalized spacial score (nSPS) is 22.3. The number of hydrogen-bond donors (Lipinski definition) is 2. The van der Waals surface area contributed by atoms with E-state index in [2.05, 4.69) is 4.72 Å². The van der Waals surface area contributed by atoms with Gasteiger partial charge in [0.05, 0.1) is 11.7 Å². The van der Waals surface area contributed by atoms with Crippen LogP contribution in [0.2, 0.25) is 0 Å². The quantitative estimate of drug-likeness (QED) is 0.689. The molecule has 1 aliphatic heterocycles. The summed E-state index contributed by atoms with van der Waals surface area (Å²) in [5.74, 6) is 0. The van der Waals surface area contributed by atoms with Crippen molar-refractivity contribution in [2.75, 3.05) is 19.8 Å². The van der Waals surface area contributed by atoms with Gasteiger partial charge in [-0.15, -0.1) is 0 Å². The molecule has 0 spiro atoms. The molecule has 1 aliphatic rings. The zero-order valence-electron chi connectivity index (χ0n) is 9.14. The van der Waals surface area contributed by atoms with Crippen LogP contribution >= 0.6 is 0 Å². The van der Waals surface area contributed by atoms with E-state index in [1.807, 2.05) is 0 Å². The number of sulfonamides is 1. The Bertz CT molecular complexity index is 367. The number of nitrogens with one attached hydrogen (secondary N) is 1. The fourth-order valence-corrected chi connectivity index (χ4v) is 2.22. The Labute approximate surface area is 95.3 Å². The van der Waals surface area contributed by atoms with E-state index in [0.717, 1.165) is 0 Å². The predicted octanol–water partition coefficient (Wildman–Crippen LogP) is -0.641. The molecule has 16 heavy (non-hydrogen) atoms. The van der Waals surface area contributed by atoms with Crippen LogP contribution in [-0.4, -0.2) is 44.1 Å². The first-order chi connectivity index (χ1) is 7.40. The number of nitriles is 1. The molecule has 0 aromatic rings. The minimum Gasteiger partial charge on any atom is -0.388 e. The van der Waals surface area contributed by atoms with Crippen molar-refractivity contribution in [3.8, 4) is 6.07 Å². The number of hydrogen-bond acceptors (Lipinski definition) is 5. The van der Waals surface area contributed by atoms with Crippen LogP contribution in [0.15, 0.2) is 0 Å². The van der Waals surface area contributed by atoms with Gasteiger partial charge < -0.3 is 9.84 Å². The largest absolute Gasteiger partial charge is 0.388 e. The van der Waals surface area contributed by atoms with Crippen molar-refractivity contribution < 1.29 is 18.3 Å². The maximum absolute atomic E-state index is 11.5. The van der Waals surface area contributed by atoms with Gasteiger partial charge in [0.25, 0.3) is 0 Å². The molecule has 92 valence electrons. The van der Waals surface area contributed by atoms with Crippen molar-refractivity contribution in [1.29, 1.82) is 5.26 Å². The number of rotatable bonds is 4. The first kappa shape index (κ1) is 13.4. The smallest absolute Gasteiger partial charge is 0.227 e. The minimum atomic E-state index is -3.66. The van der Waals surface area contributed by atoms with Crippen LogP contribution in [0, 0.1) is 11.3 Å². The molecule has 1 fully saturated rings. The summed E-state index contributed by atoms with van der Waals surface area (Å²) in [4.78, 5) is 0. The molecule has 1 atom stereocenters. The highest BCUT2D eigenvalue weighted by molar-refractivity contribution is 7.90. The Morgan fingerprint density at radius 1 is 1.56 bits per heavy atom. The van der Waals surface area contributed by atoms with Crippen LogP contribution in [0.4, 0.5) is 0 Å². The second kappa shape index (κ2) is 5.10. The van der Waals surface area contributed by atoms with Gasteiger partial charge in [0, 0.05) is 32.6 Å². The lowest BCUT2D eigenvalue weighted by molar-refractivity contribution is -0.0588. The van der Waals surface area contributed by atoms with Gasteiger partial charge in [0.1, 0.15) is 0 Å². The zero-order valence-corrected chi connectivity index (χ0v) is 9.96. The molecular weight excluding hydrogens is 232 g/mol. The van der Waals surface area contributed by atoms with E-state index < -0.39 is 20.9 Å². The van der Waals surface area contributed by atoms with Gasteiger partial charge in [-0.3, -0.25) is 0 Å². The van der Waals surface area contributed by atoms with Crippen molar-refractivity contribution >= 4 is 10.0 Å². The number of nitrogens with zero attached hydrogens (tertiary/aromatic N) is 1. The molecule has 0 bridgehead atoms. The van der Waals surface area contributed by atoms with Gasteiger partial charge in [-0.2, -0.15) is 5.26 Å². The second-order valence-electron chi connectivity index (χ2n) is 3.97. The number of ether oxygens (including phenoxy) is 1. The third kappa shape index (κ3) is 3.42. The average Bonchev–Trinajstić information content (AvgIpc) is 2.27. The van der Waals surface area contributed by atoms with E-state index in [1.165, 1.54) is 6.92 Å². The molecule has 7 heteroatoms. The summed E-state index contributed by atoms with van der Waals surface area (Å²) in [6.07, 6.45) is 0.799. The van der Waals surface area contributed by atoms with Crippen LogP contribution in [0.3, 0.4) is 0 Å². The third-order valence-corrected chi connectivity index (χ3v) is 4.26. The highest BCUT2D eigenvalue weighted by Gasteiger charge is 2.32. The molecule has 0 saturated carbocycles. The fraction of sp³-hybridized carbons (Fsp3) is 0.889. The van der Waals surface area contributed by atoms with Crippen molar-refractivity contribution in [1.82, 2.24) is 4.72 Å². The SMILES string of the molecule is CC(C#N)S(=O)(=O)NCC1(O)CCOCC1. The molecule has 1 heterocycles. The summed E-state index contributed by atoms with van der Waals surface area (Å²) in [7, 11) is -3.66. The summed E-state index contributed by atoms with van der Waals surface area (Å²) >= 11 is 0. The highest BCUT2D eigenvalue weighted by atomic mass is 32.2. The van der Waals surface area contributed by atoms with Crippen molar-refractivity contribution in [2.24, 2.45) is 0 Å². The van der Waals surface area contributed by atoms with E-state index >= 15 is 0 Å². The van der Waals surface area contributed by atoms with Gasteiger partial charge in [0.2, 0.25) is 10.0 Å². The van der Waals surface area contributed by atoms with E-state index in [1.54, 1.807) is 6.07 Å². The van der Waals surface area contributed by atoms with Gasteiger partial charge in [-0.25, -0.2) is 13.1 Å². The average molecular weight is 248 g/mol. The predicted molar refractivity (Wildman–Crippen MR) is 57.0 cm³/mol. The summed E-state index contributed by atoms with van der Waals surface area (Å²) in [5.41, 5.74) is -1.06. The van der Waals surface area contributed by atoms with E-state index in [-0.39, 0.29) is 6.54 Å². The molecule has 1 saturated heterocycles. The molecule has 0 aromatic heterocycles. The Hall–Kier alpha value is -0.680. The van der Waals surface area contributed by atoms with Crippen LogP contribution in [0.5, 0.6) is 0 Å². The van der Waals surface area contributed by atoms with Crippen molar-refractivity contribution in [2.45, 2.75) is 30.6 Å². The van der Waals surface area contributed by atoms with E-state index in [0.29, 0.717) is 26.1 Å². The third-order valence-electron chi connectivity index (χ3n) is 2.67. The van der Waals surface area contributed by atoms with Gasteiger partial charge in [0.15, 0.2) is 5.25 Å². The second-order valence-corrected chi connectivity index (χ2v) is 6.06. The van der Waals surface area contributed by atoms with E-state index in [9.17, 15) is 13.5 Å². The summed E-state index contributed by atoms with van der Waals surface area (Å²) in [6, 6.07) is 1.65. The van der Waals surface area contributed by atoms with Crippen LogP contribution in [0.1, 0.15) is 19.8 Å². The molecule has 2 N–H and O–H groups in total. The molecule has 0 amide bonds. The van der Waals surface area contributed by atoms with Gasteiger partial charge in [-0.05, 0) is 6.92 Å². The maximum atomic E-state index is 11.5. The minimum absolute atomic E-state index is 0.0648. The molecule has 0 aromatic carbocycles. The van der Waals surface area contributed by atoms with Crippen LogP contribution in [-0.2, 0) is 14.8 Å². The molecule has 1 rings (SSSR count). The van der Waals surface area contributed by atoms with Crippen molar-refractivity contribution in [3.05, 3.63) is 0 Å². The van der Waals surface area contributed by atoms with Crippen molar-refractivity contribution in [3.63, 3.8) is 0 Å². The Morgan fingerprint density at radius 2 is 2.12 bits per heavy atom. The Morgan fingerprint density at radius 3 is 2.62 bits per heavy atom. The fourth-order valence-electron chi connectivity index (χ4n) is 1.36. The standard InChI is InChI=1S/C9H16N2O4S/c1-8(6-10)16(13,14)11-7-9(12)2-4-15-5-3-9/h8,11-12H,2-5,7H2,1H3. The highest BCUT2D eigenvalue weighted by Crippen LogP contribution is 2.19. The lowest BCUT2D eigenvalue weighted by Crippen LogP contribution is -2.48. The lowest BCUT2D eigenvalue weighted by atomic mass is 9.95. The van der Waals surface area contributed by atoms with Crippen LogP contribution in [0.25, 0.3) is 0 Å².